The van der Waals surface area contributed by atoms with E-state index < -0.39 is 18.7 Å². The van der Waals surface area contributed by atoms with Gasteiger partial charge in [-0.15, -0.1) is 11.3 Å². The van der Waals surface area contributed by atoms with Gasteiger partial charge in [0.15, 0.2) is 10.6 Å². The molecule has 0 fully saturated rings. The van der Waals surface area contributed by atoms with Gasteiger partial charge in [0.25, 0.3) is 0 Å². The third-order valence-corrected chi connectivity index (χ3v) is 4.98. The van der Waals surface area contributed by atoms with Gasteiger partial charge in [-0.25, -0.2) is 4.79 Å². The van der Waals surface area contributed by atoms with Crippen LogP contribution in [-0.4, -0.2) is 40.6 Å². The Labute approximate surface area is 112 Å². The number of hydrogen-bond donors (Lipinski definition) is 3. The van der Waals surface area contributed by atoms with Crippen molar-refractivity contribution in [2.75, 3.05) is 13.2 Å². The van der Waals surface area contributed by atoms with Gasteiger partial charge in [-0.3, -0.25) is 0 Å². The summed E-state index contributed by atoms with van der Waals surface area (Å²) in [6.07, 6.45) is -1.03. The molecule has 0 saturated heterocycles. The van der Waals surface area contributed by atoms with Gasteiger partial charge in [-0.05, 0) is 31.9 Å². The maximum atomic E-state index is 10.9. The summed E-state index contributed by atoms with van der Waals surface area (Å²) in [5, 5.41) is 26.6. The topological polar surface area (TPSA) is 87.0 Å². The highest BCUT2D eigenvalue weighted by Gasteiger charge is 2.22. The first kappa shape index (κ1) is 13.9. The van der Waals surface area contributed by atoms with Crippen molar-refractivity contribution in [1.82, 2.24) is 0 Å². The fraction of sp³-hybridized carbons (Fsp3) is 0.375. The van der Waals surface area contributed by atoms with Crippen LogP contribution in [0.2, 0.25) is 0 Å². The lowest BCUT2D eigenvalue weighted by Crippen LogP contribution is -2.21. The summed E-state index contributed by atoms with van der Waals surface area (Å²) in [6.45, 7) is -0.607. The van der Waals surface area contributed by atoms with Crippen LogP contribution in [0.25, 0.3) is 0 Å². The Morgan fingerprint density at radius 3 is 2.62 bits per heavy atom. The minimum Gasteiger partial charge on any atom is -0.488 e. The Bertz CT molecular complexity index is 392. The summed E-state index contributed by atoms with van der Waals surface area (Å²) in [5.74, 6) is -0.957. The van der Waals surface area contributed by atoms with Crippen LogP contribution < -0.4 is 4.74 Å². The van der Waals surface area contributed by atoms with Crippen molar-refractivity contribution < 1.29 is 24.9 Å². The molecule has 0 spiro atoms. The van der Waals surface area contributed by atoms with Gasteiger partial charge in [-0.1, -0.05) is 0 Å². The second-order valence-corrected chi connectivity index (χ2v) is 5.93. The SMILES string of the molecule is O=C(O)c1sc(Br)c(Br)c1OCC(O)CO. The normalized spacial score (nSPS) is 12.5. The van der Waals surface area contributed by atoms with Gasteiger partial charge in [0.05, 0.1) is 14.9 Å². The lowest BCUT2D eigenvalue weighted by molar-refractivity contribution is 0.0520. The minimum absolute atomic E-state index is 0.0314. The van der Waals surface area contributed by atoms with Crippen molar-refractivity contribution >= 4 is 49.2 Å². The zero-order chi connectivity index (χ0) is 12.3. The molecule has 5 nitrogen and oxygen atoms in total. The summed E-state index contributed by atoms with van der Waals surface area (Å²) < 4.78 is 6.23. The summed E-state index contributed by atoms with van der Waals surface area (Å²) in [4.78, 5) is 10.9. The molecule has 90 valence electrons. The van der Waals surface area contributed by atoms with E-state index in [0.29, 0.717) is 8.26 Å². The highest BCUT2D eigenvalue weighted by molar-refractivity contribution is 9.13. The molecule has 0 saturated carbocycles. The largest absolute Gasteiger partial charge is 0.488 e. The molecule has 3 N–H and O–H groups in total. The van der Waals surface area contributed by atoms with Crippen LogP contribution in [-0.2, 0) is 0 Å². The lowest BCUT2D eigenvalue weighted by Gasteiger charge is -2.09. The van der Waals surface area contributed by atoms with Crippen LogP contribution in [0.15, 0.2) is 8.26 Å². The highest BCUT2D eigenvalue weighted by Crippen LogP contribution is 2.43. The molecule has 1 atom stereocenters. The Morgan fingerprint density at radius 2 is 2.12 bits per heavy atom. The van der Waals surface area contributed by atoms with Crippen LogP contribution >= 0.6 is 43.2 Å². The second kappa shape index (κ2) is 5.97. The molecule has 0 aliphatic rings. The molecule has 0 bridgehead atoms. The van der Waals surface area contributed by atoms with E-state index in [1.807, 2.05) is 0 Å². The van der Waals surface area contributed by atoms with Gasteiger partial charge in [0.2, 0.25) is 0 Å². The molecule has 0 aliphatic heterocycles. The summed E-state index contributed by atoms with van der Waals surface area (Å²) in [7, 11) is 0. The Balaban J connectivity index is 2.89. The van der Waals surface area contributed by atoms with Gasteiger partial charge in [0, 0.05) is 0 Å². The number of halogens is 2. The molecule has 0 aromatic carbocycles. The lowest BCUT2D eigenvalue weighted by atomic mass is 10.4. The van der Waals surface area contributed by atoms with Crippen molar-refractivity contribution in [3.05, 3.63) is 13.1 Å². The van der Waals surface area contributed by atoms with Crippen molar-refractivity contribution in [1.29, 1.82) is 0 Å². The summed E-state index contributed by atoms with van der Waals surface area (Å²) in [5.41, 5.74) is 0. The molecule has 1 rings (SSSR count). The minimum atomic E-state index is -1.11. The molecule has 1 aromatic heterocycles. The van der Waals surface area contributed by atoms with Gasteiger partial charge < -0.3 is 20.1 Å². The van der Waals surface area contributed by atoms with Crippen molar-refractivity contribution in [2.24, 2.45) is 0 Å². The number of ether oxygens (including phenoxy) is 1. The van der Waals surface area contributed by atoms with E-state index >= 15 is 0 Å². The number of aliphatic hydroxyl groups excluding tert-OH is 2. The first-order valence-electron chi connectivity index (χ1n) is 4.10. The van der Waals surface area contributed by atoms with E-state index in [2.05, 4.69) is 31.9 Å². The predicted octanol–water partition coefficient (Wildman–Crippen LogP) is 1.70. The van der Waals surface area contributed by atoms with Gasteiger partial charge in [-0.2, -0.15) is 0 Å². The van der Waals surface area contributed by atoms with E-state index in [0.717, 1.165) is 11.3 Å². The molecule has 0 aliphatic carbocycles. The standard InChI is InChI=1S/C8H8Br2O5S/c9-4-5(15-2-3(12)1-11)6(8(13)14)16-7(4)10/h3,11-12H,1-2H2,(H,13,14). The Hall–Kier alpha value is -0.150. The van der Waals surface area contributed by atoms with E-state index in [9.17, 15) is 4.79 Å². The van der Waals surface area contributed by atoms with Gasteiger partial charge in [0.1, 0.15) is 12.7 Å². The Kier molecular flexibility index (Phi) is 5.19. The van der Waals surface area contributed by atoms with E-state index in [-0.39, 0.29) is 17.2 Å². The predicted molar refractivity (Wildman–Crippen MR) is 65.3 cm³/mol. The number of aromatic carboxylic acids is 1. The molecule has 1 unspecified atom stereocenters. The van der Waals surface area contributed by atoms with Crippen LogP contribution in [0.1, 0.15) is 9.67 Å². The number of carbonyl (C=O) groups is 1. The van der Waals surface area contributed by atoms with Crippen LogP contribution in [0, 0.1) is 0 Å². The molecular formula is C8H8Br2O5S. The molecule has 16 heavy (non-hydrogen) atoms. The zero-order valence-corrected chi connectivity index (χ0v) is 11.8. The quantitative estimate of drug-likeness (QED) is 0.729. The maximum Gasteiger partial charge on any atom is 0.349 e. The smallest absolute Gasteiger partial charge is 0.349 e. The number of thiophene rings is 1. The van der Waals surface area contributed by atoms with Gasteiger partial charge >= 0.3 is 5.97 Å². The van der Waals surface area contributed by atoms with Crippen molar-refractivity contribution in [2.45, 2.75) is 6.10 Å². The van der Waals surface area contributed by atoms with Crippen LogP contribution in [0.4, 0.5) is 0 Å². The average molecular weight is 376 g/mol. The number of rotatable bonds is 5. The third kappa shape index (κ3) is 3.17. The molecule has 1 aromatic rings. The first-order chi connectivity index (χ1) is 7.47. The van der Waals surface area contributed by atoms with E-state index in [1.165, 1.54) is 0 Å². The zero-order valence-electron chi connectivity index (χ0n) is 7.81. The summed E-state index contributed by atoms with van der Waals surface area (Å²) >= 11 is 7.36. The Morgan fingerprint density at radius 1 is 1.50 bits per heavy atom. The van der Waals surface area contributed by atoms with E-state index in [4.69, 9.17) is 20.1 Å². The second-order valence-electron chi connectivity index (χ2n) is 2.80. The van der Waals surface area contributed by atoms with Crippen LogP contribution in [0.3, 0.4) is 0 Å². The molecule has 8 heteroatoms. The first-order valence-corrected chi connectivity index (χ1v) is 6.50. The number of carboxylic acid groups (broad SMARTS) is 1. The average Bonchev–Trinajstić information content (AvgIpc) is 2.53. The maximum absolute atomic E-state index is 10.9. The molecular weight excluding hydrogens is 368 g/mol. The van der Waals surface area contributed by atoms with E-state index in [1.54, 1.807) is 0 Å². The monoisotopic (exact) mass is 374 g/mol. The van der Waals surface area contributed by atoms with Crippen molar-refractivity contribution in [3.8, 4) is 5.75 Å². The highest BCUT2D eigenvalue weighted by atomic mass is 79.9. The molecule has 0 amide bonds. The van der Waals surface area contributed by atoms with Crippen molar-refractivity contribution in [3.63, 3.8) is 0 Å². The molecule has 1 heterocycles. The number of hydrogen-bond acceptors (Lipinski definition) is 5. The number of carboxylic acids is 1. The third-order valence-electron chi connectivity index (χ3n) is 1.59. The fourth-order valence-electron chi connectivity index (χ4n) is 0.872. The fourth-order valence-corrected chi connectivity index (χ4v) is 2.93. The summed E-state index contributed by atoms with van der Waals surface area (Å²) in [6, 6.07) is 0. The number of aliphatic hydroxyl groups is 2. The molecule has 0 radical (unpaired) electrons. The van der Waals surface area contributed by atoms with Crippen LogP contribution in [0.5, 0.6) is 5.75 Å².